The average Bonchev–Trinajstić information content (AvgIpc) is 3.34. The first-order valence-electron chi connectivity index (χ1n) is 9.15. The maximum absolute atomic E-state index is 14.3. The van der Waals surface area contributed by atoms with Crippen LogP contribution in [0.2, 0.25) is 0 Å². The molecule has 5 nitrogen and oxygen atoms in total. The number of phenolic OH excluding ortho intramolecular Hbond substituents is 1. The molecule has 0 radical (unpaired) electrons. The van der Waals surface area contributed by atoms with Gasteiger partial charge in [0.15, 0.2) is 23.0 Å². The van der Waals surface area contributed by atoms with Crippen molar-refractivity contribution in [3.63, 3.8) is 0 Å². The molecule has 1 heterocycles. The summed E-state index contributed by atoms with van der Waals surface area (Å²) in [4.78, 5) is 16.3. The van der Waals surface area contributed by atoms with Crippen LogP contribution in [0.1, 0.15) is 41.6 Å². The number of phenols is 1. The highest BCUT2D eigenvalue weighted by molar-refractivity contribution is 5.97. The van der Waals surface area contributed by atoms with E-state index in [2.05, 4.69) is 10.3 Å². The Hall–Kier alpha value is -3.17. The molecule has 1 saturated carbocycles. The van der Waals surface area contributed by atoms with Crippen LogP contribution in [-0.2, 0) is 6.18 Å². The van der Waals surface area contributed by atoms with Gasteiger partial charge in [0.05, 0.1) is 11.1 Å². The monoisotopic (exact) mass is 426 g/mol. The van der Waals surface area contributed by atoms with E-state index in [1.807, 2.05) is 0 Å². The smallest absolute Gasteiger partial charge is 0.419 e. The number of amides is 1. The van der Waals surface area contributed by atoms with Crippen LogP contribution < -0.4 is 5.32 Å². The van der Waals surface area contributed by atoms with Crippen LogP contribution in [0.25, 0.3) is 22.6 Å². The SMILES string of the molecule is O=C(NC1CCCC1)c1ccc2oc(-c3cc(C(F)(F)F)c(F)c(O)c3F)nc2c1. The molecule has 0 bridgehead atoms. The lowest BCUT2D eigenvalue weighted by Gasteiger charge is -2.11. The zero-order valence-corrected chi connectivity index (χ0v) is 15.3. The van der Waals surface area contributed by atoms with Crippen molar-refractivity contribution in [2.75, 3.05) is 0 Å². The maximum Gasteiger partial charge on any atom is 0.419 e. The number of halogens is 5. The first-order chi connectivity index (χ1) is 14.1. The molecule has 30 heavy (non-hydrogen) atoms. The predicted molar refractivity (Wildman–Crippen MR) is 95.8 cm³/mol. The number of hydrogen-bond donors (Lipinski definition) is 2. The molecular formula is C20H15F5N2O3. The molecule has 1 aliphatic rings. The molecule has 4 rings (SSSR count). The van der Waals surface area contributed by atoms with Crippen LogP contribution in [0.3, 0.4) is 0 Å². The zero-order valence-electron chi connectivity index (χ0n) is 15.3. The molecule has 2 N–H and O–H groups in total. The van der Waals surface area contributed by atoms with Crippen molar-refractivity contribution in [3.8, 4) is 17.2 Å². The molecule has 1 fully saturated rings. The molecule has 0 spiro atoms. The quantitative estimate of drug-likeness (QED) is 0.567. The lowest BCUT2D eigenvalue weighted by molar-refractivity contribution is -0.140. The Labute approximate surface area is 166 Å². The molecule has 1 amide bonds. The summed E-state index contributed by atoms with van der Waals surface area (Å²) in [5.74, 6) is -6.45. The Morgan fingerprint density at radius 3 is 2.50 bits per heavy atom. The molecular weight excluding hydrogens is 411 g/mol. The number of oxazole rings is 1. The van der Waals surface area contributed by atoms with E-state index in [9.17, 15) is 31.9 Å². The van der Waals surface area contributed by atoms with E-state index in [4.69, 9.17) is 4.42 Å². The summed E-state index contributed by atoms with van der Waals surface area (Å²) in [5.41, 5.74) is -2.27. The Kier molecular flexibility index (Phi) is 4.87. The van der Waals surface area contributed by atoms with Gasteiger partial charge in [-0.1, -0.05) is 12.8 Å². The van der Waals surface area contributed by atoms with Gasteiger partial charge < -0.3 is 14.8 Å². The Morgan fingerprint density at radius 2 is 1.83 bits per heavy atom. The van der Waals surface area contributed by atoms with E-state index in [0.717, 1.165) is 25.7 Å². The molecule has 2 aromatic carbocycles. The van der Waals surface area contributed by atoms with Crippen molar-refractivity contribution < 1.29 is 36.3 Å². The van der Waals surface area contributed by atoms with Gasteiger partial charge >= 0.3 is 6.18 Å². The maximum atomic E-state index is 14.3. The molecule has 1 aliphatic carbocycles. The number of carbonyl (C=O) groups is 1. The summed E-state index contributed by atoms with van der Waals surface area (Å²) in [7, 11) is 0. The third kappa shape index (κ3) is 3.57. The highest BCUT2D eigenvalue weighted by Crippen LogP contribution is 2.40. The number of fused-ring (bicyclic) bond motifs is 1. The standard InChI is InChI=1S/C20H15F5N2O3/c21-15-11(8-12(20(23,24)25)16(22)17(15)28)19-27-13-7-9(5-6-14(13)30-19)18(29)26-10-3-1-2-4-10/h5-8,10,28H,1-4H2,(H,26,29). The van der Waals surface area contributed by atoms with E-state index >= 15 is 0 Å². The van der Waals surface area contributed by atoms with Crippen LogP contribution in [-0.4, -0.2) is 22.0 Å². The average molecular weight is 426 g/mol. The molecule has 1 aromatic heterocycles. The van der Waals surface area contributed by atoms with Crippen LogP contribution in [0, 0.1) is 11.6 Å². The molecule has 0 atom stereocenters. The topological polar surface area (TPSA) is 75.4 Å². The van der Waals surface area contributed by atoms with Gasteiger partial charge in [0.1, 0.15) is 5.52 Å². The van der Waals surface area contributed by atoms with Crippen molar-refractivity contribution in [1.29, 1.82) is 0 Å². The Balaban J connectivity index is 1.72. The summed E-state index contributed by atoms with van der Waals surface area (Å²) in [6.45, 7) is 0. The zero-order chi connectivity index (χ0) is 21.6. The molecule has 158 valence electrons. The number of carbonyl (C=O) groups excluding carboxylic acids is 1. The van der Waals surface area contributed by atoms with E-state index in [-0.39, 0.29) is 34.7 Å². The molecule has 10 heteroatoms. The largest absolute Gasteiger partial charge is 0.503 e. The second kappa shape index (κ2) is 7.26. The summed E-state index contributed by atoms with van der Waals surface area (Å²) in [6.07, 6.45) is -1.32. The first kappa shape index (κ1) is 20.1. The fourth-order valence-corrected chi connectivity index (χ4v) is 3.51. The highest BCUT2D eigenvalue weighted by Gasteiger charge is 2.38. The number of aromatic nitrogens is 1. The van der Waals surface area contributed by atoms with Crippen LogP contribution >= 0.6 is 0 Å². The Morgan fingerprint density at radius 1 is 1.13 bits per heavy atom. The molecule has 0 aliphatic heterocycles. The fourth-order valence-electron chi connectivity index (χ4n) is 3.51. The van der Waals surface area contributed by atoms with Crippen molar-refractivity contribution in [2.45, 2.75) is 37.9 Å². The van der Waals surface area contributed by atoms with E-state index < -0.39 is 40.6 Å². The van der Waals surface area contributed by atoms with Crippen molar-refractivity contribution in [1.82, 2.24) is 10.3 Å². The van der Waals surface area contributed by atoms with Crippen LogP contribution in [0.4, 0.5) is 22.0 Å². The van der Waals surface area contributed by atoms with Gasteiger partial charge in [-0.25, -0.2) is 13.8 Å². The number of benzene rings is 2. The number of hydrogen-bond acceptors (Lipinski definition) is 4. The Bertz CT molecular complexity index is 1130. The first-order valence-corrected chi connectivity index (χ1v) is 9.15. The van der Waals surface area contributed by atoms with Crippen LogP contribution in [0.15, 0.2) is 28.7 Å². The molecule has 0 saturated heterocycles. The lowest BCUT2D eigenvalue weighted by Crippen LogP contribution is -2.32. The summed E-state index contributed by atoms with van der Waals surface area (Å²) >= 11 is 0. The van der Waals surface area contributed by atoms with Gasteiger partial charge in [-0.2, -0.15) is 13.2 Å². The minimum Gasteiger partial charge on any atom is -0.503 e. The second-order valence-corrected chi connectivity index (χ2v) is 7.10. The fraction of sp³-hybridized carbons (Fsp3) is 0.300. The van der Waals surface area contributed by atoms with Gasteiger partial charge in [0.2, 0.25) is 5.89 Å². The lowest BCUT2D eigenvalue weighted by atomic mass is 10.1. The number of aromatic hydroxyl groups is 1. The van der Waals surface area contributed by atoms with E-state index in [0.29, 0.717) is 0 Å². The van der Waals surface area contributed by atoms with Gasteiger partial charge in [-0.3, -0.25) is 4.79 Å². The van der Waals surface area contributed by atoms with Crippen LogP contribution in [0.5, 0.6) is 5.75 Å². The van der Waals surface area contributed by atoms with Gasteiger partial charge in [-0.15, -0.1) is 0 Å². The normalized spacial score (nSPS) is 15.1. The number of alkyl halides is 3. The number of nitrogens with one attached hydrogen (secondary N) is 1. The highest BCUT2D eigenvalue weighted by atomic mass is 19.4. The van der Waals surface area contributed by atoms with Crippen molar-refractivity contribution >= 4 is 17.0 Å². The summed E-state index contributed by atoms with van der Waals surface area (Å²) in [6, 6.07) is 4.45. The molecule has 3 aromatic rings. The van der Waals surface area contributed by atoms with E-state index in [1.165, 1.54) is 18.2 Å². The number of rotatable bonds is 3. The third-order valence-electron chi connectivity index (χ3n) is 5.05. The summed E-state index contributed by atoms with van der Waals surface area (Å²) in [5, 5.41) is 12.3. The minimum absolute atomic E-state index is 0.0816. The summed E-state index contributed by atoms with van der Waals surface area (Å²) < 4.78 is 72.2. The van der Waals surface area contributed by atoms with Crippen molar-refractivity contribution in [3.05, 3.63) is 47.0 Å². The van der Waals surface area contributed by atoms with Gasteiger partial charge in [0, 0.05) is 11.6 Å². The van der Waals surface area contributed by atoms with E-state index in [1.54, 1.807) is 0 Å². The predicted octanol–water partition coefficient (Wildman–Crippen LogP) is 5.17. The number of nitrogens with zero attached hydrogens (tertiary/aromatic N) is 1. The second-order valence-electron chi connectivity index (χ2n) is 7.10. The van der Waals surface area contributed by atoms with Gasteiger partial charge in [-0.05, 0) is 37.1 Å². The molecule has 0 unspecified atom stereocenters. The van der Waals surface area contributed by atoms with Gasteiger partial charge in [0.25, 0.3) is 5.91 Å². The third-order valence-corrected chi connectivity index (χ3v) is 5.05. The van der Waals surface area contributed by atoms with Crippen molar-refractivity contribution in [2.24, 2.45) is 0 Å². The minimum atomic E-state index is -5.17.